The quantitative estimate of drug-likeness (QED) is 0.683. The molecule has 5 heteroatoms. The first-order valence-corrected chi connectivity index (χ1v) is 8.65. The van der Waals surface area contributed by atoms with Gasteiger partial charge < -0.3 is 15.5 Å². The Morgan fingerprint density at radius 3 is 2.08 bits per heavy atom. The molecule has 0 unspecified atom stereocenters. The molecule has 0 aliphatic carbocycles. The van der Waals surface area contributed by atoms with Crippen LogP contribution in [0.25, 0.3) is 0 Å². The van der Waals surface area contributed by atoms with Gasteiger partial charge in [-0.15, -0.1) is 0 Å². The van der Waals surface area contributed by atoms with Crippen LogP contribution in [0.2, 0.25) is 0 Å². The fraction of sp³-hybridized carbons (Fsp3) is 0.238. The molecule has 3 aromatic rings. The molecule has 0 radical (unpaired) electrons. The molecule has 0 bridgehead atoms. The van der Waals surface area contributed by atoms with Crippen LogP contribution in [-0.2, 0) is 0 Å². The van der Waals surface area contributed by atoms with Crippen molar-refractivity contribution in [3.05, 3.63) is 65.4 Å². The van der Waals surface area contributed by atoms with Gasteiger partial charge in [-0.05, 0) is 68.3 Å². The third-order valence-electron chi connectivity index (χ3n) is 4.27. The Kier molecular flexibility index (Phi) is 5.07. The maximum Gasteiger partial charge on any atom is 0.229 e. The summed E-state index contributed by atoms with van der Waals surface area (Å²) in [4.78, 5) is 11.1. The van der Waals surface area contributed by atoms with E-state index in [0.29, 0.717) is 5.95 Å². The minimum Gasteiger partial charge on any atom is -0.378 e. The van der Waals surface area contributed by atoms with Gasteiger partial charge in [0.15, 0.2) is 0 Å². The molecule has 0 spiro atoms. The lowest BCUT2D eigenvalue weighted by Crippen LogP contribution is -2.08. The monoisotopic (exact) mass is 347 g/mol. The van der Waals surface area contributed by atoms with Gasteiger partial charge in [-0.25, -0.2) is 4.98 Å². The summed E-state index contributed by atoms with van der Waals surface area (Å²) in [5.41, 5.74) is 6.56. The van der Waals surface area contributed by atoms with Crippen molar-refractivity contribution in [1.29, 1.82) is 0 Å². The van der Waals surface area contributed by atoms with Gasteiger partial charge >= 0.3 is 0 Å². The Bertz CT molecular complexity index is 901. The zero-order valence-electron chi connectivity index (χ0n) is 16.0. The van der Waals surface area contributed by atoms with Gasteiger partial charge in [-0.2, -0.15) is 4.98 Å². The summed E-state index contributed by atoms with van der Waals surface area (Å²) in [6.45, 7) is 6.18. The maximum atomic E-state index is 4.59. The zero-order valence-corrected chi connectivity index (χ0v) is 16.0. The molecule has 0 fully saturated rings. The number of nitrogens with zero attached hydrogens (tertiary/aromatic N) is 3. The fourth-order valence-electron chi connectivity index (χ4n) is 2.63. The van der Waals surface area contributed by atoms with Crippen LogP contribution in [0.15, 0.2) is 48.5 Å². The molecule has 0 amide bonds. The van der Waals surface area contributed by atoms with E-state index in [4.69, 9.17) is 0 Å². The molecule has 0 saturated heterocycles. The summed E-state index contributed by atoms with van der Waals surface area (Å²) >= 11 is 0. The van der Waals surface area contributed by atoms with Crippen LogP contribution < -0.4 is 15.5 Å². The number of benzene rings is 2. The van der Waals surface area contributed by atoms with Crippen molar-refractivity contribution in [2.45, 2.75) is 20.8 Å². The molecular weight excluding hydrogens is 322 g/mol. The SMILES string of the molecule is Cc1cc(Nc2ccc(C)c(C)c2)nc(Nc2ccc(N(C)C)cc2)n1. The van der Waals surface area contributed by atoms with E-state index in [-0.39, 0.29) is 0 Å². The molecule has 0 aliphatic heterocycles. The van der Waals surface area contributed by atoms with Gasteiger partial charge in [0.05, 0.1) is 0 Å². The lowest BCUT2D eigenvalue weighted by atomic mass is 10.1. The molecule has 0 aliphatic rings. The average Bonchev–Trinajstić information content (AvgIpc) is 2.58. The summed E-state index contributed by atoms with van der Waals surface area (Å²) < 4.78 is 0. The second-order valence-corrected chi connectivity index (χ2v) is 6.71. The Morgan fingerprint density at radius 2 is 1.42 bits per heavy atom. The van der Waals surface area contributed by atoms with Gasteiger partial charge in [0.25, 0.3) is 0 Å². The molecule has 1 aromatic heterocycles. The summed E-state index contributed by atoms with van der Waals surface area (Å²) in [5, 5.41) is 6.64. The van der Waals surface area contributed by atoms with Gasteiger partial charge in [0.2, 0.25) is 5.95 Å². The van der Waals surface area contributed by atoms with Crippen LogP contribution in [0.3, 0.4) is 0 Å². The molecule has 26 heavy (non-hydrogen) atoms. The normalized spacial score (nSPS) is 10.5. The predicted molar refractivity (Wildman–Crippen MR) is 110 cm³/mol. The highest BCUT2D eigenvalue weighted by Crippen LogP contribution is 2.22. The topological polar surface area (TPSA) is 53.1 Å². The molecule has 2 aromatic carbocycles. The van der Waals surface area contributed by atoms with E-state index in [2.05, 4.69) is 69.7 Å². The van der Waals surface area contributed by atoms with Gasteiger partial charge in [0, 0.05) is 42.9 Å². The first-order chi connectivity index (χ1) is 12.4. The fourth-order valence-corrected chi connectivity index (χ4v) is 2.63. The van der Waals surface area contributed by atoms with Gasteiger partial charge in [-0.1, -0.05) is 6.07 Å². The van der Waals surface area contributed by atoms with Crippen LogP contribution in [0.1, 0.15) is 16.8 Å². The molecule has 134 valence electrons. The maximum absolute atomic E-state index is 4.59. The Balaban J connectivity index is 1.79. The molecule has 0 atom stereocenters. The van der Waals surface area contributed by atoms with Crippen molar-refractivity contribution in [2.24, 2.45) is 0 Å². The lowest BCUT2D eigenvalue weighted by Gasteiger charge is -2.14. The number of nitrogens with one attached hydrogen (secondary N) is 2. The van der Waals surface area contributed by atoms with E-state index in [1.807, 2.05) is 39.2 Å². The Labute approximate surface area is 155 Å². The highest BCUT2D eigenvalue weighted by Gasteiger charge is 2.05. The molecule has 5 nitrogen and oxygen atoms in total. The lowest BCUT2D eigenvalue weighted by molar-refractivity contribution is 1.10. The highest BCUT2D eigenvalue weighted by atomic mass is 15.1. The number of hydrogen-bond acceptors (Lipinski definition) is 5. The Hall–Kier alpha value is -3.08. The van der Waals surface area contributed by atoms with E-state index in [1.54, 1.807) is 0 Å². The van der Waals surface area contributed by atoms with E-state index in [0.717, 1.165) is 28.6 Å². The molecule has 2 N–H and O–H groups in total. The predicted octanol–water partition coefficient (Wildman–Crippen LogP) is 4.96. The Morgan fingerprint density at radius 1 is 0.731 bits per heavy atom. The number of hydrogen-bond donors (Lipinski definition) is 2. The van der Waals surface area contributed by atoms with Crippen molar-refractivity contribution in [3.63, 3.8) is 0 Å². The molecular formula is C21H25N5. The van der Waals surface area contributed by atoms with Crippen molar-refractivity contribution in [3.8, 4) is 0 Å². The summed E-state index contributed by atoms with van der Waals surface area (Å²) in [5.74, 6) is 1.35. The van der Waals surface area contributed by atoms with Crippen molar-refractivity contribution < 1.29 is 0 Å². The standard InChI is InChI=1S/C21H25N5/c1-14-6-7-18(12-15(14)2)23-20-13-16(3)22-21(25-20)24-17-8-10-19(11-9-17)26(4)5/h6-13H,1-5H3,(H2,22,23,24,25). The second-order valence-electron chi connectivity index (χ2n) is 6.71. The number of anilines is 5. The number of rotatable bonds is 5. The van der Waals surface area contributed by atoms with Crippen LogP contribution in [0.4, 0.5) is 28.8 Å². The van der Waals surface area contributed by atoms with Crippen LogP contribution >= 0.6 is 0 Å². The van der Waals surface area contributed by atoms with Crippen molar-refractivity contribution in [1.82, 2.24) is 9.97 Å². The van der Waals surface area contributed by atoms with E-state index < -0.39 is 0 Å². The van der Waals surface area contributed by atoms with E-state index >= 15 is 0 Å². The zero-order chi connectivity index (χ0) is 18.7. The smallest absolute Gasteiger partial charge is 0.229 e. The third-order valence-corrected chi connectivity index (χ3v) is 4.27. The van der Waals surface area contributed by atoms with E-state index in [1.165, 1.54) is 11.1 Å². The molecule has 0 saturated carbocycles. The third kappa shape index (κ3) is 4.30. The number of aryl methyl sites for hydroxylation is 3. The van der Waals surface area contributed by atoms with E-state index in [9.17, 15) is 0 Å². The highest BCUT2D eigenvalue weighted by molar-refractivity contribution is 5.62. The second kappa shape index (κ2) is 7.44. The first kappa shape index (κ1) is 17.7. The molecule has 1 heterocycles. The number of aromatic nitrogens is 2. The molecule has 3 rings (SSSR count). The van der Waals surface area contributed by atoms with Gasteiger partial charge in [-0.3, -0.25) is 0 Å². The summed E-state index contributed by atoms with van der Waals surface area (Å²) in [6.07, 6.45) is 0. The van der Waals surface area contributed by atoms with Crippen LogP contribution in [-0.4, -0.2) is 24.1 Å². The van der Waals surface area contributed by atoms with Crippen molar-refractivity contribution >= 4 is 28.8 Å². The first-order valence-electron chi connectivity index (χ1n) is 8.65. The minimum absolute atomic E-state index is 0.578. The summed E-state index contributed by atoms with van der Waals surface area (Å²) in [7, 11) is 4.05. The van der Waals surface area contributed by atoms with Crippen LogP contribution in [0.5, 0.6) is 0 Å². The van der Waals surface area contributed by atoms with Crippen molar-refractivity contribution in [2.75, 3.05) is 29.6 Å². The largest absolute Gasteiger partial charge is 0.378 e. The minimum atomic E-state index is 0.578. The summed E-state index contributed by atoms with van der Waals surface area (Å²) in [6, 6.07) is 16.4. The van der Waals surface area contributed by atoms with Gasteiger partial charge in [0.1, 0.15) is 5.82 Å². The average molecular weight is 347 g/mol. The van der Waals surface area contributed by atoms with Crippen LogP contribution in [0, 0.1) is 20.8 Å².